The van der Waals surface area contributed by atoms with Gasteiger partial charge in [0.05, 0.1) is 18.4 Å². The number of methoxy groups -OCH3 is 1. The first-order chi connectivity index (χ1) is 8.72. The van der Waals surface area contributed by atoms with E-state index in [-0.39, 0.29) is 5.97 Å². The molecule has 1 atom stereocenters. The summed E-state index contributed by atoms with van der Waals surface area (Å²) in [5, 5.41) is 3.46. The lowest BCUT2D eigenvalue weighted by atomic mass is 10.1. The number of rotatable bonds is 4. The topological polar surface area (TPSA) is 41.6 Å². The fraction of sp³-hybridized carbons (Fsp3) is 0.500. The van der Waals surface area contributed by atoms with E-state index in [0.717, 1.165) is 18.8 Å². The third-order valence-electron chi connectivity index (χ3n) is 3.38. The molecule has 18 heavy (non-hydrogen) atoms. The average Bonchev–Trinajstić information content (AvgIpc) is 2.90. The van der Waals surface area contributed by atoms with Crippen LogP contribution in [0.4, 0.5) is 5.69 Å². The molecule has 0 bridgehead atoms. The summed E-state index contributed by atoms with van der Waals surface area (Å²) in [7, 11) is 3.43. The summed E-state index contributed by atoms with van der Waals surface area (Å²) >= 11 is 0. The molecule has 0 aromatic heterocycles. The number of esters is 1. The van der Waals surface area contributed by atoms with Gasteiger partial charge in [-0.1, -0.05) is 12.1 Å². The van der Waals surface area contributed by atoms with Crippen molar-refractivity contribution in [1.29, 1.82) is 0 Å². The van der Waals surface area contributed by atoms with Crippen LogP contribution in [0.3, 0.4) is 0 Å². The predicted molar refractivity (Wildman–Crippen MR) is 72.1 cm³/mol. The minimum atomic E-state index is -0.281. The van der Waals surface area contributed by atoms with Crippen LogP contribution in [0.2, 0.25) is 0 Å². The van der Waals surface area contributed by atoms with Gasteiger partial charge in [-0.3, -0.25) is 0 Å². The van der Waals surface area contributed by atoms with Crippen molar-refractivity contribution in [3.05, 3.63) is 29.8 Å². The zero-order valence-corrected chi connectivity index (χ0v) is 11.0. The summed E-state index contributed by atoms with van der Waals surface area (Å²) in [4.78, 5) is 13.8. The Kier molecular flexibility index (Phi) is 4.20. The zero-order valence-electron chi connectivity index (χ0n) is 11.0. The predicted octanol–water partition coefficient (Wildman–Crippen LogP) is 1.66. The van der Waals surface area contributed by atoms with E-state index in [0.29, 0.717) is 11.6 Å². The molecule has 1 aliphatic rings. The number of anilines is 1. The SMILES string of the molecule is COC(=O)c1ccccc1N(C)CC1CCCN1. The normalized spacial score (nSPS) is 18.7. The Morgan fingerprint density at radius 2 is 2.28 bits per heavy atom. The molecule has 2 rings (SSSR count). The highest BCUT2D eigenvalue weighted by atomic mass is 16.5. The van der Waals surface area contributed by atoms with Crippen LogP contribution in [0.1, 0.15) is 23.2 Å². The summed E-state index contributed by atoms with van der Waals surface area (Å²) < 4.78 is 4.82. The zero-order chi connectivity index (χ0) is 13.0. The van der Waals surface area contributed by atoms with E-state index in [1.165, 1.54) is 20.0 Å². The number of hydrogen-bond donors (Lipinski definition) is 1. The number of hydrogen-bond acceptors (Lipinski definition) is 4. The summed E-state index contributed by atoms with van der Waals surface area (Å²) in [6.07, 6.45) is 2.43. The van der Waals surface area contributed by atoms with Crippen molar-refractivity contribution in [2.75, 3.05) is 32.1 Å². The molecular formula is C14H20N2O2. The summed E-state index contributed by atoms with van der Waals surface area (Å²) in [5.74, 6) is -0.281. The number of nitrogens with zero attached hydrogens (tertiary/aromatic N) is 1. The van der Waals surface area contributed by atoms with Gasteiger partial charge in [-0.15, -0.1) is 0 Å². The molecule has 1 N–H and O–H groups in total. The second-order valence-corrected chi connectivity index (χ2v) is 4.68. The summed E-state index contributed by atoms with van der Waals surface area (Å²) in [5.41, 5.74) is 1.55. The molecule has 0 saturated carbocycles. The van der Waals surface area contributed by atoms with Crippen LogP contribution in [0, 0.1) is 0 Å². The van der Waals surface area contributed by atoms with Gasteiger partial charge in [0, 0.05) is 19.6 Å². The summed E-state index contributed by atoms with van der Waals surface area (Å²) in [6, 6.07) is 8.08. The second-order valence-electron chi connectivity index (χ2n) is 4.68. The minimum Gasteiger partial charge on any atom is -0.465 e. The molecule has 4 heteroatoms. The lowest BCUT2D eigenvalue weighted by molar-refractivity contribution is 0.0601. The molecule has 0 aliphatic carbocycles. The Hall–Kier alpha value is -1.55. The highest BCUT2D eigenvalue weighted by molar-refractivity contribution is 5.95. The van der Waals surface area contributed by atoms with Gasteiger partial charge in [-0.05, 0) is 31.5 Å². The van der Waals surface area contributed by atoms with Crippen molar-refractivity contribution in [3.63, 3.8) is 0 Å². The molecule has 0 radical (unpaired) electrons. The fourth-order valence-corrected chi connectivity index (χ4v) is 2.43. The average molecular weight is 248 g/mol. The van der Waals surface area contributed by atoms with Crippen LogP contribution in [-0.4, -0.2) is 39.3 Å². The van der Waals surface area contributed by atoms with Gasteiger partial charge >= 0.3 is 5.97 Å². The molecule has 98 valence electrons. The number of nitrogens with one attached hydrogen (secondary N) is 1. The second kappa shape index (κ2) is 5.87. The van der Waals surface area contributed by atoms with Gasteiger partial charge in [-0.2, -0.15) is 0 Å². The lowest BCUT2D eigenvalue weighted by Crippen LogP contribution is -2.35. The molecule has 1 heterocycles. The number of carbonyl (C=O) groups is 1. The minimum absolute atomic E-state index is 0.281. The van der Waals surface area contributed by atoms with E-state index in [9.17, 15) is 4.79 Å². The van der Waals surface area contributed by atoms with Crippen molar-refractivity contribution in [2.45, 2.75) is 18.9 Å². The van der Waals surface area contributed by atoms with Crippen LogP contribution < -0.4 is 10.2 Å². The molecule has 1 fully saturated rings. The number of ether oxygens (including phenoxy) is 1. The van der Waals surface area contributed by atoms with E-state index in [4.69, 9.17) is 4.74 Å². The van der Waals surface area contributed by atoms with Crippen molar-refractivity contribution in [2.24, 2.45) is 0 Å². The molecule has 0 spiro atoms. The van der Waals surface area contributed by atoms with E-state index in [1.54, 1.807) is 6.07 Å². The van der Waals surface area contributed by atoms with Crippen LogP contribution in [0.15, 0.2) is 24.3 Å². The molecular weight excluding hydrogens is 228 g/mol. The molecule has 1 aliphatic heterocycles. The van der Waals surface area contributed by atoms with Crippen LogP contribution in [-0.2, 0) is 4.74 Å². The summed E-state index contributed by atoms with van der Waals surface area (Å²) in [6.45, 7) is 2.01. The quantitative estimate of drug-likeness (QED) is 0.823. The highest BCUT2D eigenvalue weighted by Crippen LogP contribution is 2.21. The smallest absolute Gasteiger partial charge is 0.339 e. The Morgan fingerprint density at radius 1 is 1.50 bits per heavy atom. The van der Waals surface area contributed by atoms with E-state index < -0.39 is 0 Å². The maximum Gasteiger partial charge on any atom is 0.339 e. The molecule has 1 saturated heterocycles. The molecule has 1 aromatic rings. The maximum atomic E-state index is 11.7. The van der Waals surface area contributed by atoms with Gasteiger partial charge in [0.1, 0.15) is 0 Å². The molecule has 0 amide bonds. The van der Waals surface area contributed by atoms with Gasteiger partial charge in [0.2, 0.25) is 0 Å². The monoisotopic (exact) mass is 248 g/mol. The number of benzene rings is 1. The van der Waals surface area contributed by atoms with Gasteiger partial charge < -0.3 is 15.0 Å². The largest absolute Gasteiger partial charge is 0.465 e. The van der Waals surface area contributed by atoms with E-state index >= 15 is 0 Å². The standard InChI is InChI=1S/C14H20N2O2/c1-16(10-11-6-5-9-15-11)13-8-4-3-7-12(13)14(17)18-2/h3-4,7-8,11,15H,5-6,9-10H2,1-2H3. The first-order valence-electron chi connectivity index (χ1n) is 6.34. The molecule has 1 unspecified atom stereocenters. The molecule has 1 aromatic carbocycles. The Bertz CT molecular complexity index is 414. The first kappa shape index (κ1) is 12.9. The lowest BCUT2D eigenvalue weighted by Gasteiger charge is -2.24. The third kappa shape index (κ3) is 2.82. The van der Waals surface area contributed by atoms with E-state index in [2.05, 4.69) is 10.2 Å². The van der Waals surface area contributed by atoms with Crippen LogP contribution >= 0.6 is 0 Å². The van der Waals surface area contributed by atoms with Crippen molar-refractivity contribution in [3.8, 4) is 0 Å². The van der Waals surface area contributed by atoms with Gasteiger partial charge in [0.25, 0.3) is 0 Å². The molecule has 4 nitrogen and oxygen atoms in total. The Labute approximate surface area is 108 Å². The maximum absolute atomic E-state index is 11.7. The number of para-hydroxylation sites is 1. The van der Waals surface area contributed by atoms with Gasteiger partial charge in [-0.25, -0.2) is 4.79 Å². The van der Waals surface area contributed by atoms with Crippen molar-refractivity contribution in [1.82, 2.24) is 5.32 Å². The van der Waals surface area contributed by atoms with Crippen LogP contribution in [0.25, 0.3) is 0 Å². The van der Waals surface area contributed by atoms with Crippen molar-refractivity contribution >= 4 is 11.7 Å². The number of carbonyl (C=O) groups excluding carboxylic acids is 1. The van der Waals surface area contributed by atoms with Crippen molar-refractivity contribution < 1.29 is 9.53 Å². The number of likely N-dealkylation sites (N-methyl/N-ethyl adjacent to an activating group) is 1. The van der Waals surface area contributed by atoms with Crippen LogP contribution in [0.5, 0.6) is 0 Å². The van der Waals surface area contributed by atoms with Gasteiger partial charge in [0.15, 0.2) is 0 Å². The fourth-order valence-electron chi connectivity index (χ4n) is 2.43. The van der Waals surface area contributed by atoms with E-state index in [1.807, 2.05) is 25.2 Å². The third-order valence-corrected chi connectivity index (χ3v) is 3.38. The highest BCUT2D eigenvalue weighted by Gasteiger charge is 2.19. The Balaban J connectivity index is 2.13. The first-order valence-corrected chi connectivity index (χ1v) is 6.34. The Morgan fingerprint density at radius 3 is 2.94 bits per heavy atom.